The minimum absolute atomic E-state index is 0.248. The summed E-state index contributed by atoms with van der Waals surface area (Å²) in [7, 11) is -3.82. The lowest BCUT2D eigenvalue weighted by atomic mass is 10.1. The second-order valence-corrected chi connectivity index (χ2v) is 6.41. The zero-order valence-corrected chi connectivity index (χ0v) is 12.3. The monoisotopic (exact) mass is 312 g/mol. The van der Waals surface area contributed by atoms with Crippen molar-refractivity contribution in [3.8, 4) is 0 Å². The van der Waals surface area contributed by atoms with E-state index in [-0.39, 0.29) is 6.61 Å². The minimum Gasteiger partial charge on any atom is -0.388 e. The highest BCUT2D eigenvalue weighted by Gasteiger charge is 2.39. The lowest BCUT2D eigenvalue weighted by molar-refractivity contribution is -0.189. The molecular weight excluding hydrogens is 288 g/mol. The van der Waals surface area contributed by atoms with E-state index in [2.05, 4.69) is 16.4 Å². The Morgan fingerprint density at radius 1 is 1.15 bits per heavy atom. The number of rotatable bonds is 8. The predicted molar refractivity (Wildman–Crippen MR) is 72.0 cm³/mol. The number of nitrogens with one attached hydrogen (secondary N) is 2. The highest BCUT2D eigenvalue weighted by Crippen LogP contribution is 2.14. The summed E-state index contributed by atoms with van der Waals surface area (Å²) in [6.07, 6.45) is -1.70. The zero-order chi connectivity index (χ0) is 15.2. The molecule has 1 aliphatic rings. The van der Waals surface area contributed by atoms with Gasteiger partial charge in [0.25, 0.3) is 10.2 Å². The maximum absolute atomic E-state index is 11.7. The normalized spacial score (nSPS) is 31.4. The van der Waals surface area contributed by atoms with Crippen LogP contribution in [0.15, 0.2) is 0 Å². The lowest BCUT2D eigenvalue weighted by Crippen LogP contribution is -2.60. The van der Waals surface area contributed by atoms with Crippen LogP contribution in [0.3, 0.4) is 0 Å². The van der Waals surface area contributed by atoms with E-state index in [0.717, 1.165) is 25.7 Å². The van der Waals surface area contributed by atoms with Crippen LogP contribution in [0.4, 0.5) is 0 Å². The molecule has 0 unspecified atom stereocenters. The van der Waals surface area contributed by atoms with Crippen LogP contribution in [0, 0.1) is 0 Å². The van der Waals surface area contributed by atoms with Crippen molar-refractivity contribution in [2.24, 2.45) is 0 Å². The molecule has 0 spiro atoms. The first-order valence-corrected chi connectivity index (χ1v) is 8.28. The fourth-order valence-corrected chi connectivity index (χ4v) is 2.87. The van der Waals surface area contributed by atoms with E-state index < -0.39 is 34.7 Å². The predicted octanol–water partition coefficient (Wildman–Crippen LogP) is -1.57. The molecule has 1 heterocycles. The Labute approximate surface area is 119 Å². The van der Waals surface area contributed by atoms with Gasteiger partial charge in [-0.3, -0.25) is 0 Å². The molecule has 8 nitrogen and oxygen atoms in total. The van der Waals surface area contributed by atoms with Gasteiger partial charge < -0.3 is 20.1 Å². The summed E-state index contributed by atoms with van der Waals surface area (Å²) in [5.41, 5.74) is 0. The van der Waals surface area contributed by atoms with Crippen LogP contribution < -0.4 is 9.44 Å². The molecule has 9 heteroatoms. The van der Waals surface area contributed by atoms with Gasteiger partial charge >= 0.3 is 0 Å². The summed E-state index contributed by atoms with van der Waals surface area (Å²) in [5, 5.41) is 28.3. The van der Waals surface area contributed by atoms with E-state index in [4.69, 9.17) is 4.74 Å². The van der Waals surface area contributed by atoms with E-state index in [1.165, 1.54) is 0 Å². The average molecular weight is 312 g/mol. The summed E-state index contributed by atoms with van der Waals surface area (Å²) in [5.74, 6) is 0. The number of aliphatic hydroxyl groups is 3. The maximum Gasteiger partial charge on any atom is 0.279 e. The lowest BCUT2D eigenvalue weighted by Gasteiger charge is -2.35. The molecule has 4 atom stereocenters. The van der Waals surface area contributed by atoms with Gasteiger partial charge in [0.1, 0.15) is 18.3 Å². The van der Waals surface area contributed by atoms with Crippen molar-refractivity contribution in [2.45, 2.75) is 57.1 Å². The molecule has 0 amide bonds. The van der Waals surface area contributed by atoms with Gasteiger partial charge in [0.05, 0.1) is 6.61 Å². The first-order valence-electron chi connectivity index (χ1n) is 6.80. The van der Waals surface area contributed by atoms with Crippen LogP contribution >= 0.6 is 0 Å². The zero-order valence-electron chi connectivity index (χ0n) is 11.5. The van der Waals surface area contributed by atoms with Crippen LogP contribution in [-0.2, 0) is 14.9 Å². The summed E-state index contributed by atoms with van der Waals surface area (Å²) >= 11 is 0. The first kappa shape index (κ1) is 17.8. The number of unbranched alkanes of at least 4 members (excludes halogenated alkanes) is 3. The van der Waals surface area contributed by atoms with Crippen molar-refractivity contribution in [1.29, 1.82) is 0 Å². The quantitative estimate of drug-likeness (QED) is 0.345. The summed E-state index contributed by atoms with van der Waals surface area (Å²) in [6.45, 7) is 2.11. The molecular formula is C11H24N2O6S. The molecule has 120 valence electrons. The van der Waals surface area contributed by atoms with E-state index in [9.17, 15) is 23.7 Å². The molecule has 0 saturated carbocycles. The Morgan fingerprint density at radius 2 is 1.85 bits per heavy atom. The van der Waals surface area contributed by atoms with Crippen LogP contribution in [0.1, 0.15) is 32.6 Å². The third-order valence-corrected chi connectivity index (χ3v) is 4.22. The summed E-state index contributed by atoms with van der Waals surface area (Å²) < 4.78 is 32.8. The Balaban J connectivity index is 2.38. The molecule has 0 aromatic heterocycles. The fourth-order valence-electron chi connectivity index (χ4n) is 1.86. The van der Waals surface area contributed by atoms with Crippen molar-refractivity contribution in [3.05, 3.63) is 0 Å². The second-order valence-electron chi connectivity index (χ2n) is 4.88. The fraction of sp³-hybridized carbons (Fsp3) is 1.00. The Morgan fingerprint density at radius 3 is 2.50 bits per heavy atom. The average Bonchev–Trinajstić information content (AvgIpc) is 2.39. The largest absolute Gasteiger partial charge is 0.388 e. The van der Waals surface area contributed by atoms with Gasteiger partial charge in [0.2, 0.25) is 0 Å². The number of hydrogen-bond acceptors (Lipinski definition) is 6. The second kappa shape index (κ2) is 8.23. The van der Waals surface area contributed by atoms with Crippen LogP contribution in [-0.4, -0.2) is 61.4 Å². The Bertz CT molecular complexity index is 377. The van der Waals surface area contributed by atoms with Gasteiger partial charge in [0.15, 0.2) is 6.23 Å². The van der Waals surface area contributed by atoms with Gasteiger partial charge in [-0.15, -0.1) is 0 Å². The van der Waals surface area contributed by atoms with Gasteiger partial charge in [-0.25, -0.2) is 4.72 Å². The molecule has 0 aromatic rings. The van der Waals surface area contributed by atoms with E-state index in [1.807, 2.05) is 0 Å². The van der Waals surface area contributed by atoms with Gasteiger partial charge in [-0.05, 0) is 6.42 Å². The standard InChI is InChI=1S/C11H24N2O6S/c1-2-3-4-5-6-12-20(17,18)13-11-10(16)9(15)8(14)7-19-11/h8-16H,2-7H2,1H3/t8-,9-,10+,11+/m1/s1. The van der Waals surface area contributed by atoms with Crippen molar-refractivity contribution < 1.29 is 28.5 Å². The van der Waals surface area contributed by atoms with Crippen LogP contribution in [0.2, 0.25) is 0 Å². The van der Waals surface area contributed by atoms with Gasteiger partial charge in [-0.1, -0.05) is 26.2 Å². The SMILES string of the molecule is CCCCCCNS(=O)(=O)N[C@H]1OC[C@@H](O)[C@@H](O)[C@@H]1O. The molecule has 20 heavy (non-hydrogen) atoms. The van der Waals surface area contributed by atoms with Crippen molar-refractivity contribution in [1.82, 2.24) is 9.44 Å². The molecule has 1 aliphatic heterocycles. The molecule has 5 N–H and O–H groups in total. The number of aliphatic hydroxyl groups excluding tert-OH is 3. The number of ether oxygens (including phenoxy) is 1. The van der Waals surface area contributed by atoms with Crippen molar-refractivity contribution in [3.63, 3.8) is 0 Å². The topological polar surface area (TPSA) is 128 Å². The minimum atomic E-state index is -3.82. The maximum atomic E-state index is 11.7. The number of hydrogen-bond donors (Lipinski definition) is 5. The molecule has 1 fully saturated rings. The molecule has 0 aliphatic carbocycles. The van der Waals surface area contributed by atoms with Crippen LogP contribution in [0.25, 0.3) is 0 Å². The van der Waals surface area contributed by atoms with Crippen molar-refractivity contribution >= 4 is 10.2 Å². The third-order valence-electron chi connectivity index (χ3n) is 3.09. The van der Waals surface area contributed by atoms with Gasteiger partial charge in [-0.2, -0.15) is 13.1 Å². The summed E-state index contributed by atoms with van der Waals surface area (Å²) in [6, 6.07) is 0. The third kappa shape index (κ3) is 5.60. The molecule has 1 rings (SSSR count). The molecule has 0 aromatic carbocycles. The van der Waals surface area contributed by atoms with Crippen molar-refractivity contribution in [2.75, 3.05) is 13.2 Å². The van der Waals surface area contributed by atoms with E-state index in [1.54, 1.807) is 0 Å². The Kier molecular flexibility index (Phi) is 7.30. The van der Waals surface area contributed by atoms with Crippen LogP contribution in [0.5, 0.6) is 0 Å². The highest BCUT2D eigenvalue weighted by molar-refractivity contribution is 7.87. The summed E-state index contributed by atoms with van der Waals surface area (Å²) in [4.78, 5) is 0. The van der Waals surface area contributed by atoms with E-state index >= 15 is 0 Å². The molecule has 0 bridgehead atoms. The first-order chi connectivity index (χ1) is 9.37. The van der Waals surface area contributed by atoms with E-state index in [0.29, 0.717) is 6.54 Å². The molecule has 1 saturated heterocycles. The van der Waals surface area contributed by atoms with Gasteiger partial charge in [0, 0.05) is 6.54 Å². The smallest absolute Gasteiger partial charge is 0.279 e. The highest BCUT2D eigenvalue weighted by atomic mass is 32.2. The Hall–Kier alpha value is -0.290. The molecule has 0 radical (unpaired) electrons.